The van der Waals surface area contributed by atoms with Gasteiger partial charge < -0.3 is 24.6 Å². The van der Waals surface area contributed by atoms with Gasteiger partial charge in [-0.05, 0) is 11.8 Å². The van der Waals surface area contributed by atoms with Crippen LogP contribution in [0.4, 0.5) is 0 Å². The quantitative estimate of drug-likeness (QED) is 0.560. The van der Waals surface area contributed by atoms with Crippen LogP contribution in [-0.4, -0.2) is 53.1 Å². The van der Waals surface area contributed by atoms with Gasteiger partial charge in [-0.15, -0.1) is 0 Å². The van der Waals surface area contributed by atoms with E-state index in [1.807, 2.05) is 0 Å². The molecule has 0 bridgehead atoms. The molecule has 0 aliphatic carbocycles. The molecular weight excluding hydrogens is 333 g/mol. The Morgan fingerprint density at radius 2 is 2.23 bits per heavy atom. The lowest BCUT2D eigenvalue weighted by molar-refractivity contribution is -0.0519. The van der Waals surface area contributed by atoms with Crippen LogP contribution < -0.4 is 17.0 Å². The van der Waals surface area contributed by atoms with E-state index in [1.165, 1.54) is 30.6 Å². The Kier molecular flexibility index (Phi) is 5.33. The van der Waals surface area contributed by atoms with E-state index in [2.05, 4.69) is 4.98 Å². The smallest absolute Gasteiger partial charge is 0.330 e. The average molecular weight is 351 g/mol. The van der Waals surface area contributed by atoms with Gasteiger partial charge >= 0.3 is 5.69 Å². The molecule has 2 heterocycles. The van der Waals surface area contributed by atoms with Gasteiger partial charge in [-0.2, -0.15) is 0 Å². The Morgan fingerprint density at radius 3 is 2.73 bits per heavy atom. The number of H-pyrrole nitrogens is 1. The van der Waals surface area contributed by atoms with Crippen LogP contribution in [0.5, 0.6) is 0 Å². The number of nitrogens with two attached hydrogens (primary N) is 1. The van der Waals surface area contributed by atoms with E-state index in [4.69, 9.17) is 31.5 Å². The summed E-state index contributed by atoms with van der Waals surface area (Å²) in [6, 6.07) is 1.19. The van der Waals surface area contributed by atoms with Crippen molar-refractivity contribution >= 4 is 18.3 Å². The zero-order valence-corrected chi connectivity index (χ0v) is 13.8. The van der Waals surface area contributed by atoms with Crippen LogP contribution in [0.1, 0.15) is 6.23 Å². The second kappa shape index (κ2) is 6.71. The monoisotopic (exact) mass is 351 g/mol. The fourth-order valence-corrected chi connectivity index (χ4v) is 3.36. The lowest BCUT2D eigenvalue weighted by Crippen LogP contribution is -2.40. The molecule has 5 atom stereocenters. The summed E-state index contributed by atoms with van der Waals surface area (Å²) in [5, 5.41) is 0. The lowest BCUT2D eigenvalue weighted by atomic mass is 10.1. The lowest BCUT2D eigenvalue weighted by Gasteiger charge is -2.25. The molecule has 22 heavy (non-hydrogen) atoms. The van der Waals surface area contributed by atoms with Gasteiger partial charge in [0, 0.05) is 32.6 Å². The van der Waals surface area contributed by atoms with Gasteiger partial charge in [0.1, 0.15) is 18.3 Å². The molecule has 1 fully saturated rings. The average Bonchev–Trinajstić information content (AvgIpc) is 2.74. The topological polar surface area (TPSA) is 129 Å². The summed E-state index contributed by atoms with van der Waals surface area (Å²) < 4.78 is 17.7. The molecule has 0 aromatic carbocycles. The molecule has 0 saturated carbocycles. The molecule has 9 nitrogen and oxygen atoms in total. The number of aromatic nitrogens is 2. The van der Waals surface area contributed by atoms with Gasteiger partial charge in [-0.1, -0.05) is 0 Å². The number of rotatable bonds is 5. The van der Waals surface area contributed by atoms with Crippen molar-refractivity contribution in [3.63, 3.8) is 0 Å². The SMILES string of the molecule is COC1C(OP(C)(O)=S)C(CN)OC1n1ccc(=O)[nH]c1=O. The molecule has 4 N–H and O–H groups in total. The number of nitrogens with zero attached hydrogens (tertiary/aromatic N) is 1. The highest BCUT2D eigenvalue weighted by atomic mass is 32.5. The Hall–Kier alpha value is -0.870. The number of methoxy groups -OCH3 is 1. The molecule has 1 aliphatic rings. The van der Waals surface area contributed by atoms with Gasteiger partial charge in [0.2, 0.25) is 0 Å². The molecular formula is C11H18N3O6PS. The van der Waals surface area contributed by atoms with Crippen molar-refractivity contribution in [2.45, 2.75) is 24.5 Å². The van der Waals surface area contributed by atoms with E-state index < -0.39 is 42.3 Å². The van der Waals surface area contributed by atoms with E-state index >= 15 is 0 Å². The highest BCUT2D eigenvalue weighted by molar-refractivity contribution is 8.09. The maximum absolute atomic E-state index is 11.9. The van der Waals surface area contributed by atoms with Crippen molar-refractivity contribution < 1.29 is 18.9 Å². The fourth-order valence-electron chi connectivity index (χ4n) is 2.35. The van der Waals surface area contributed by atoms with Crippen LogP contribution >= 0.6 is 6.49 Å². The summed E-state index contributed by atoms with van der Waals surface area (Å²) in [4.78, 5) is 35.0. The maximum Gasteiger partial charge on any atom is 0.330 e. The predicted octanol–water partition coefficient (Wildman–Crippen LogP) is -1.28. The summed E-state index contributed by atoms with van der Waals surface area (Å²) in [5.74, 6) is 0. The molecule has 11 heteroatoms. The third-order valence-electron chi connectivity index (χ3n) is 3.23. The molecule has 1 saturated heterocycles. The highest BCUT2D eigenvalue weighted by Gasteiger charge is 2.47. The Balaban J connectivity index is 2.38. The second-order valence-electron chi connectivity index (χ2n) is 4.89. The van der Waals surface area contributed by atoms with Crippen molar-refractivity contribution in [3.05, 3.63) is 33.1 Å². The number of aromatic amines is 1. The first kappa shape index (κ1) is 17.5. The van der Waals surface area contributed by atoms with Gasteiger partial charge in [0.05, 0.1) is 0 Å². The minimum Gasteiger partial charge on any atom is -0.374 e. The van der Waals surface area contributed by atoms with Crippen LogP contribution in [-0.2, 0) is 25.8 Å². The summed E-state index contributed by atoms with van der Waals surface area (Å²) in [7, 11) is 1.42. The third-order valence-corrected chi connectivity index (χ3v) is 4.13. The highest BCUT2D eigenvalue weighted by Crippen LogP contribution is 2.44. The van der Waals surface area contributed by atoms with E-state index in [1.54, 1.807) is 0 Å². The van der Waals surface area contributed by atoms with Crippen LogP contribution in [0.25, 0.3) is 0 Å². The molecule has 124 valence electrons. The van der Waals surface area contributed by atoms with Crippen molar-refractivity contribution in [2.24, 2.45) is 5.73 Å². The van der Waals surface area contributed by atoms with Gasteiger partial charge in [0.25, 0.3) is 5.56 Å². The minimum absolute atomic E-state index is 0.0917. The first-order chi connectivity index (χ1) is 10.3. The third kappa shape index (κ3) is 3.72. The van der Waals surface area contributed by atoms with Crippen molar-refractivity contribution in [2.75, 3.05) is 20.3 Å². The van der Waals surface area contributed by atoms with Gasteiger partial charge in [0.15, 0.2) is 12.7 Å². The molecule has 1 aromatic heterocycles. The Labute approximate surface area is 131 Å². The van der Waals surface area contributed by atoms with Crippen LogP contribution in [0.2, 0.25) is 0 Å². The second-order valence-corrected chi connectivity index (χ2v) is 8.74. The fraction of sp³-hybridized carbons (Fsp3) is 0.636. The predicted molar refractivity (Wildman–Crippen MR) is 82.4 cm³/mol. The minimum atomic E-state index is -2.98. The molecule has 2 rings (SSSR count). The van der Waals surface area contributed by atoms with E-state index in [-0.39, 0.29) is 6.54 Å². The van der Waals surface area contributed by atoms with E-state index in [0.29, 0.717) is 0 Å². The zero-order chi connectivity index (χ0) is 16.5. The number of hydrogen-bond donors (Lipinski definition) is 3. The van der Waals surface area contributed by atoms with Crippen molar-refractivity contribution in [1.29, 1.82) is 0 Å². The maximum atomic E-state index is 11.9. The molecule has 0 amide bonds. The van der Waals surface area contributed by atoms with Crippen molar-refractivity contribution in [1.82, 2.24) is 9.55 Å². The largest absolute Gasteiger partial charge is 0.374 e. The summed E-state index contributed by atoms with van der Waals surface area (Å²) in [6.07, 6.45) is -1.60. The first-order valence-corrected chi connectivity index (χ1v) is 9.57. The summed E-state index contributed by atoms with van der Waals surface area (Å²) in [5.41, 5.74) is 4.49. The molecule has 0 radical (unpaired) electrons. The molecule has 0 spiro atoms. The summed E-state index contributed by atoms with van der Waals surface area (Å²) in [6.45, 7) is -1.48. The molecule has 1 aromatic rings. The van der Waals surface area contributed by atoms with Crippen LogP contribution in [0.15, 0.2) is 21.9 Å². The number of nitrogens with one attached hydrogen (secondary N) is 1. The Morgan fingerprint density at radius 1 is 1.55 bits per heavy atom. The van der Waals surface area contributed by atoms with Gasteiger partial charge in [-0.3, -0.25) is 14.3 Å². The van der Waals surface area contributed by atoms with Crippen LogP contribution in [0.3, 0.4) is 0 Å². The van der Waals surface area contributed by atoms with E-state index in [9.17, 15) is 14.5 Å². The van der Waals surface area contributed by atoms with Crippen molar-refractivity contribution in [3.8, 4) is 0 Å². The number of ether oxygens (including phenoxy) is 2. The van der Waals surface area contributed by atoms with Crippen LogP contribution in [0, 0.1) is 0 Å². The van der Waals surface area contributed by atoms with E-state index in [0.717, 1.165) is 0 Å². The summed E-state index contributed by atoms with van der Waals surface area (Å²) >= 11 is 4.90. The molecule has 5 unspecified atom stereocenters. The molecule has 1 aliphatic heterocycles. The number of hydrogen-bond acceptors (Lipinski definition) is 7. The Bertz CT molecular complexity index is 685. The standard InChI is InChI=1S/C11H18N3O6PS/c1-18-9-8(20-21(2,17)22)6(5-12)19-10(9)14-4-3-7(15)13-11(14)16/h3-4,6,8-10H,5,12H2,1-2H3,(H,17,22)(H,13,15,16). The zero-order valence-electron chi connectivity index (χ0n) is 12.0. The van der Waals surface area contributed by atoms with Gasteiger partial charge in [-0.25, -0.2) is 4.79 Å². The normalized spacial score (nSPS) is 31.1. The first-order valence-electron chi connectivity index (χ1n) is 6.45.